The van der Waals surface area contributed by atoms with Crippen LogP contribution >= 0.6 is 0 Å². The second-order valence-electron chi connectivity index (χ2n) is 7.57. The summed E-state index contributed by atoms with van der Waals surface area (Å²) in [5.41, 5.74) is 1.86. The molecular formula is C19H28N4O5. The normalized spacial score (nSPS) is 18.9. The van der Waals surface area contributed by atoms with Gasteiger partial charge in [0.15, 0.2) is 5.75 Å². The third-order valence-electron chi connectivity index (χ3n) is 5.81. The number of ether oxygens (including phenoxy) is 1. The number of carbonyl (C=O) groups is 1. The predicted molar refractivity (Wildman–Crippen MR) is 105 cm³/mol. The van der Waals surface area contributed by atoms with Gasteiger partial charge in [-0.05, 0) is 31.2 Å². The lowest BCUT2D eigenvalue weighted by atomic mass is 9.96. The van der Waals surface area contributed by atoms with E-state index in [2.05, 4.69) is 9.80 Å². The number of hydrogen-bond donors (Lipinski definition) is 1. The smallest absolute Gasteiger partial charge is 0.407 e. The summed E-state index contributed by atoms with van der Waals surface area (Å²) in [7, 11) is 1.45. The van der Waals surface area contributed by atoms with Crippen LogP contribution in [0.1, 0.15) is 18.4 Å². The van der Waals surface area contributed by atoms with Crippen molar-refractivity contribution in [2.45, 2.75) is 19.8 Å². The zero-order valence-electron chi connectivity index (χ0n) is 16.5. The van der Waals surface area contributed by atoms with Crippen molar-refractivity contribution in [1.29, 1.82) is 0 Å². The zero-order valence-corrected chi connectivity index (χ0v) is 16.5. The minimum atomic E-state index is -0.819. The molecule has 1 aromatic rings. The highest BCUT2D eigenvalue weighted by Crippen LogP contribution is 2.35. The molecule has 0 bridgehead atoms. The largest absolute Gasteiger partial charge is 0.490 e. The van der Waals surface area contributed by atoms with E-state index in [0.29, 0.717) is 24.8 Å². The summed E-state index contributed by atoms with van der Waals surface area (Å²) >= 11 is 0. The van der Waals surface area contributed by atoms with Gasteiger partial charge < -0.3 is 19.6 Å². The number of amides is 1. The number of piperazine rings is 1. The van der Waals surface area contributed by atoms with Crippen molar-refractivity contribution in [2.75, 3.05) is 57.8 Å². The van der Waals surface area contributed by atoms with E-state index in [0.717, 1.165) is 56.8 Å². The molecule has 0 saturated carbocycles. The van der Waals surface area contributed by atoms with E-state index in [1.54, 1.807) is 12.1 Å². The Kier molecular flexibility index (Phi) is 6.23. The third kappa shape index (κ3) is 4.46. The molecule has 1 amide bonds. The van der Waals surface area contributed by atoms with Crippen LogP contribution in [0.25, 0.3) is 0 Å². The maximum absolute atomic E-state index is 11.2. The fourth-order valence-electron chi connectivity index (χ4n) is 4.15. The van der Waals surface area contributed by atoms with Gasteiger partial charge in [-0.3, -0.25) is 15.0 Å². The molecule has 2 fully saturated rings. The molecule has 0 radical (unpaired) electrons. The first-order valence-corrected chi connectivity index (χ1v) is 9.67. The van der Waals surface area contributed by atoms with Crippen molar-refractivity contribution >= 4 is 17.5 Å². The molecule has 2 aliphatic heterocycles. The summed E-state index contributed by atoms with van der Waals surface area (Å²) in [5, 5.41) is 20.2. The number of carboxylic acid groups (broad SMARTS) is 1. The first-order valence-electron chi connectivity index (χ1n) is 9.67. The highest BCUT2D eigenvalue weighted by molar-refractivity contribution is 5.65. The minimum absolute atomic E-state index is 0.00455. The second kappa shape index (κ2) is 8.64. The van der Waals surface area contributed by atoms with Crippen molar-refractivity contribution in [3.8, 4) is 5.75 Å². The number of likely N-dealkylation sites (tertiary alicyclic amines) is 1. The minimum Gasteiger partial charge on any atom is -0.490 e. The Morgan fingerprint density at radius 2 is 1.86 bits per heavy atom. The van der Waals surface area contributed by atoms with Gasteiger partial charge in [0, 0.05) is 63.6 Å². The number of nitro groups is 1. The van der Waals surface area contributed by atoms with Crippen LogP contribution in [0.2, 0.25) is 0 Å². The van der Waals surface area contributed by atoms with Gasteiger partial charge in [-0.15, -0.1) is 0 Å². The molecule has 9 nitrogen and oxygen atoms in total. The molecule has 2 aliphatic rings. The molecule has 2 saturated heterocycles. The summed E-state index contributed by atoms with van der Waals surface area (Å²) in [6.45, 7) is 7.72. The Bertz CT molecular complexity index is 725. The van der Waals surface area contributed by atoms with Crippen molar-refractivity contribution in [1.82, 2.24) is 9.80 Å². The van der Waals surface area contributed by atoms with Gasteiger partial charge in [0.05, 0.1) is 12.0 Å². The SMILES string of the molecule is COc1cc(N2CCN(CC3CCN(C(=O)O)CC3)CC2)c(C)cc1[N+](=O)[O-]. The monoisotopic (exact) mass is 392 g/mol. The van der Waals surface area contributed by atoms with Crippen molar-refractivity contribution in [3.63, 3.8) is 0 Å². The number of anilines is 1. The first kappa shape index (κ1) is 20.2. The van der Waals surface area contributed by atoms with Crippen molar-refractivity contribution < 1.29 is 19.6 Å². The average Bonchev–Trinajstić information content (AvgIpc) is 2.69. The van der Waals surface area contributed by atoms with E-state index in [9.17, 15) is 14.9 Å². The highest BCUT2D eigenvalue weighted by Gasteiger charge is 2.27. The van der Waals surface area contributed by atoms with Gasteiger partial charge in [-0.25, -0.2) is 4.79 Å². The lowest BCUT2D eigenvalue weighted by molar-refractivity contribution is -0.385. The molecular weight excluding hydrogens is 364 g/mol. The van der Waals surface area contributed by atoms with Gasteiger partial charge in [-0.2, -0.15) is 0 Å². The zero-order chi connectivity index (χ0) is 20.3. The molecule has 1 aromatic carbocycles. The molecule has 9 heteroatoms. The van der Waals surface area contributed by atoms with E-state index in [4.69, 9.17) is 9.84 Å². The van der Waals surface area contributed by atoms with Crippen LogP contribution in [0.5, 0.6) is 5.75 Å². The number of benzene rings is 1. The molecule has 2 heterocycles. The van der Waals surface area contributed by atoms with Crippen LogP contribution in [0.3, 0.4) is 0 Å². The number of methoxy groups -OCH3 is 1. The topological polar surface area (TPSA) is 99.4 Å². The van der Waals surface area contributed by atoms with Gasteiger partial charge in [0.1, 0.15) is 0 Å². The maximum atomic E-state index is 11.2. The number of piperidine rings is 1. The molecule has 154 valence electrons. The van der Waals surface area contributed by atoms with Crippen molar-refractivity contribution in [3.05, 3.63) is 27.8 Å². The first-order chi connectivity index (χ1) is 13.4. The Balaban J connectivity index is 1.56. The summed E-state index contributed by atoms with van der Waals surface area (Å²) < 4.78 is 5.22. The fraction of sp³-hybridized carbons (Fsp3) is 0.632. The Hall–Kier alpha value is -2.55. The number of rotatable bonds is 5. The van der Waals surface area contributed by atoms with E-state index < -0.39 is 11.0 Å². The molecule has 3 rings (SSSR count). The summed E-state index contributed by atoms with van der Waals surface area (Å²) in [6.07, 6.45) is 1.03. The lowest BCUT2D eigenvalue weighted by Gasteiger charge is -2.39. The van der Waals surface area contributed by atoms with E-state index in [1.165, 1.54) is 12.0 Å². The Labute approximate surface area is 164 Å². The predicted octanol–water partition coefficient (Wildman–Crippen LogP) is 2.42. The fourth-order valence-corrected chi connectivity index (χ4v) is 4.15. The standard InChI is InChI=1S/C19H28N4O5/c1-14-11-17(23(26)27)18(28-2)12-16(14)21-9-7-20(8-10-21)13-15-3-5-22(6-4-15)19(24)25/h11-12,15H,3-10,13H2,1-2H3,(H,24,25). The molecule has 28 heavy (non-hydrogen) atoms. The lowest BCUT2D eigenvalue weighted by Crippen LogP contribution is -2.49. The number of nitrogens with zero attached hydrogens (tertiary/aromatic N) is 4. The highest BCUT2D eigenvalue weighted by atomic mass is 16.6. The Morgan fingerprint density at radius 3 is 2.39 bits per heavy atom. The van der Waals surface area contributed by atoms with Gasteiger partial charge in [0.2, 0.25) is 0 Å². The van der Waals surface area contributed by atoms with Crippen molar-refractivity contribution in [2.24, 2.45) is 5.92 Å². The number of nitro benzene ring substituents is 1. The van der Waals surface area contributed by atoms with E-state index in [-0.39, 0.29) is 5.69 Å². The molecule has 1 N–H and O–H groups in total. The van der Waals surface area contributed by atoms with Crippen LogP contribution in [0.4, 0.5) is 16.2 Å². The number of hydrogen-bond acceptors (Lipinski definition) is 6. The Morgan fingerprint density at radius 1 is 1.21 bits per heavy atom. The molecule has 0 aromatic heterocycles. The van der Waals surface area contributed by atoms with E-state index >= 15 is 0 Å². The summed E-state index contributed by atoms with van der Waals surface area (Å²) in [5.74, 6) is 0.835. The van der Waals surface area contributed by atoms with Gasteiger partial charge in [0.25, 0.3) is 0 Å². The van der Waals surface area contributed by atoms with Crippen LogP contribution in [0, 0.1) is 23.0 Å². The van der Waals surface area contributed by atoms with Crippen LogP contribution in [-0.4, -0.2) is 78.8 Å². The van der Waals surface area contributed by atoms with Crippen LogP contribution in [0.15, 0.2) is 12.1 Å². The maximum Gasteiger partial charge on any atom is 0.407 e. The van der Waals surface area contributed by atoms with Gasteiger partial charge in [-0.1, -0.05) is 0 Å². The molecule has 0 spiro atoms. The number of aryl methyl sites for hydroxylation is 1. The average molecular weight is 392 g/mol. The van der Waals surface area contributed by atoms with Crippen LogP contribution < -0.4 is 9.64 Å². The summed E-state index contributed by atoms with van der Waals surface area (Å²) in [4.78, 5) is 28.0. The quantitative estimate of drug-likeness (QED) is 0.607. The third-order valence-corrected chi connectivity index (χ3v) is 5.81. The second-order valence-corrected chi connectivity index (χ2v) is 7.57. The molecule has 0 atom stereocenters. The molecule has 0 unspecified atom stereocenters. The van der Waals surface area contributed by atoms with Gasteiger partial charge >= 0.3 is 11.8 Å². The molecule has 0 aliphatic carbocycles. The summed E-state index contributed by atoms with van der Waals surface area (Å²) in [6, 6.07) is 3.35. The van der Waals surface area contributed by atoms with Crippen LogP contribution in [-0.2, 0) is 0 Å². The van der Waals surface area contributed by atoms with E-state index in [1.807, 2.05) is 6.92 Å².